The van der Waals surface area contributed by atoms with E-state index in [4.69, 9.17) is 0 Å². The molecule has 0 aromatic carbocycles. The highest BCUT2D eigenvalue weighted by Gasteiger charge is 2.33. The fourth-order valence-electron chi connectivity index (χ4n) is 3.36. The van der Waals surface area contributed by atoms with Crippen LogP contribution in [0.15, 0.2) is 18.2 Å². The molecule has 1 aromatic heterocycles. The van der Waals surface area contributed by atoms with Crippen LogP contribution in [0.5, 0.6) is 0 Å². The van der Waals surface area contributed by atoms with Crippen molar-refractivity contribution in [2.75, 3.05) is 26.2 Å². The number of carbonyl (C=O) groups excluding carboxylic acids is 1. The Morgan fingerprint density at radius 1 is 1.18 bits per heavy atom. The molecule has 0 saturated carbocycles. The Balaban J connectivity index is 1.67. The van der Waals surface area contributed by atoms with Gasteiger partial charge in [-0.3, -0.25) is 9.69 Å². The number of aromatic nitrogens is 1. The van der Waals surface area contributed by atoms with Crippen LogP contribution in [0.2, 0.25) is 0 Å². The lowest BCUT2D eigenvalue weighted by Gasteiger charge is -2.45. The second-order valence-electron chi connectivity index (χ2n) is 7.08. The van der Waals surface area contributed by atoms with Gasteiger partial charge in [0.1, 0.15) is 5.69 Å². The van der Waals surface area contributed by atoms with Gasteiger partial charge < -0.3 is 4.90 Å². The number of likely N-dealkylation sites (tertiary alicyclic amines) is 2. The largest absolute Gasteiger partial charge is 0.337 e. The van der Waals surface area contributed by atoms with Gasteiger partial charge in [0, 0.05) is 32.2 Å². The lowest BCUT2D eigenvalue weighted by atomic mass is 9.87. The molecule has 2 fully saturated rings. The Bertz CT molecular complexity index is 531. The van der Waals surface area contributed by atoms with Gasteiger partial charge in [-0.15, -0.1) is 0 Å². The topological polar surface area (TPSA) is 36.4 Å². The molecular formula is C18H27N3O. The van der Waals surface area contributed by atoms with E-state index in [0.717, 1.165) is 56.6 Å². The van der Waals surface area contributed by atoms with Crippen molar-refractivity contribution in [2.24, 2.45) is 11.8 Å². The first-order valence-corrected chi connectivity index (χ1v) is 8.56. The molecule has 2 aliphatic rings. The number of pyridine rings is 1. The molecule has 1 aromatic rings. The molecule has 0 spiro atoms. The summed E-state index contributed by atoms with van der Waals surface area (Å²) in [5.74, 6) is 1.64. The summed E-state index contributed by atoms with van der Waals surface area (Å²) < 4.78 is 0. The van der Waals surface area contributed by atoms with Crippen molar-refractivity contribution in [3.05, 3.63) is 29.6 Å². The summed E-state index contributed by atoms with van der Waals surface area (Å²) in [6, 6.07) is 6.17. The highest BCUT2D eigenvalue weighted by Crippen LogP contribution is 2.31. The van der Waals surface area contributed by atoms with Crippen molar-refractivity contribution >= 4 is 5.91 Å². The molecule has 2 saturated heterocycles. The van der Waals surface area contributed by atoms with Gasteiger partial charge in [0.2, 0.25) is 0 Å². The van der Waals surface area contributed by atoms with Crippen molar-refractivity contribution in [1.82, 2.24) is 14.8 Å². The van der Waals surface area contributed by atoms with Gasteiger partial charge in [0.05, 0.1) is 5.69 Å². The van der Waals surface area contributed by atoms with E-state index in [9.17, 15) is 4.79 Å². The van der Waals surface area contributed by atoms with Gasteiger partial charge in [-0.2, -0.15) is 0 Å². The van der Waals surface area contributed by atoms with Gasteiger partial charge in [0.15, 0.2) is 0 Å². The van der Waals surface area contributed by atoms with Crippen LogP contribution >= 0.6 is 0 Å². The predicted molar refractivity (Wildman–Crippen MR) is 87.7 cm³/mol. The van der Waals surface area contributed by atoms with Crippen molar-refractivity contribution in [3.63, 3.8) is 0 Å². The highest BCUT2D eigenvalue weighted by molar-refractivity contribution is 5.92. The first-order chi connectivity index (χ1) is 10.6. The number of hydrogen-bond donors (Lipinski definition) is 0. The van der Waals surface area contributed by atoms with Crippen molar-refractivity contribution < 1.29 is 4.79 Å². The van der Waals surface area contributed by atoms with E-state index in [2.05, 4.69) is 30.7 Å². The summed E-state index contributed by atoms with van der Waals surface area (Å²) >= 11 is 0. The summed E-state index contributed by atoms with van der Waals surface area (Å²) in [6.07, 6.45) is 2.23. The molecule has 0 bridgehead atoms. The third-order valence-corrected chi connectivity index (χ3v) is 5.24. The molecule has 3 rings (SSSR count). The first-order valence-electron chi connectivity index (χ1n) is 8.56. The molecule has 1 amide bonds. The minimum Gasteiger partial charge on any atom is -0.337 e. The van der Waals surface area contributed by atoms with E-state index in [1.165, 1.54) is 0 Å². The average Bonchev–Trinajstić information content (AvgIpc) is 2.98. The van der Waals surface area contributed by atoms with Crippen LogP contribution in [0.4, 0.5) is 0 Å². The van der Waals surface area contributed by atoms with E-state index in [1.54, 1.807) is 0 Å². The Morgan fingerprint density at radius 2 is 1.86 bits per heavy atom. The molecule has 120 valence electrons. The second-order valence-corrected chi connectivity index (χ2v) is 7.08. The molecule has 4 heteroatoms. The molecule has 2 aliphatic heterocycles. The maximum absolute atomic E-state index is 12.5. The standard InChI is InChI=1S/C18H27N3O/c1-13(2)15-11-21(12-15)14(3)16-7-6-8-17(19-16)18(22)20-9-4-5-10-20/h6-8,13-15H,4-5,9-12H2,1-3H3. The smallest absolute Gasteiger partial charge is 0.272 e. The third kappa shape index (κ3) is 3.02. The van der Waals surface area contributed by atoms with Crippen LogP contribution in [0.25, 0.3) is 0 Å². The molecule has 1 atom stereocenters. The monoisotopic (exact) mass is 301 g/mol. The van der Waals surface area contributed by atoms with E-state index in [0.29, 0.717) is 11.7 Å². The van der Waals surface area contributed by atoms with E-state index in [1.807, 2.05) is 23.1 Å². The third-order valence-electron chi connectivity index (χ3n) is 5.24. The van der Waals surface area contributed by atoms with E-state index < -0.39 is 0 Å². The maximum Gasteiger partial charge on any atom is 0.272 e. The maximum atomic E-state index is 12.5. The van der Waals surface area contributed by atoms with E-state index >= 15 is 0 Å². The predicted octanol–water partition coefficient (Wildman–Crippen LogP) is 2.97. The Hall–Kier alpha value is -1.42. The summed E-state index contributed by atoms with van der Waals surface area (Å²) in [7, 11) is 0. The quantitative estimate of drug-likeness (QED) is 0.858. The fraction of sp³-hybridized carbons (Fsp3) is 0.667. The van der Waals surface area contributed by atoms with Gasteiger partial charge in [-0.1, -0.05) is 19.9 Å². The zero-order valence-corrected chi connectivity index (χ0v) is 14.0. The molecule has 0 aliphatic carbocycles. The number of rotatable bonds is 4. The molecule has 3 heterocycles. The normalized spacial score (nSPS) is 21.2. The number of amides is 1. The molecule has 0 N–H and O–H groups in total. The van der Waals surface area contributed by atoms with Crippen LogP contribution in [-0.4, -0.2) is 46.9 Å². The lowest BCUT2D eigenvalue weighted by molar-refractivity contribution is 0.0321. The van der Waals surface area contributed by atoms with Crippen molar-refractivity contribution in [1.29, 1.82) is 0 Å². The molecule has 4 nitrogen and oxygen atoms in total. The minimum atomic E-state index is 0.0928. The molecule has 1 unspecified atom stereocenters. The van der Waals surface area contributed by atoms with Crippen LogP contribution in [0, 0.1) is 11.8 Å². The van der Waals surface area contributed by atoms with Crippen LogP contribution in [0.1, 0.15) is 55.8 Å². The van der Waals surface area contributed by atoms with Crippen LogP contribution in [-0.2, 0) is 0 Å². The van der Waals surface area contributed by atoms with E-state index in [-0.39, 0.29) is 5.91 Å². The summed E-state index contributed by atoms with van der Waals surface area (Å²) in [5, 5.41) is 0. The Kier molecular flexibility index (Phi) is 4.48. The molecule has 0 radical (unpaired) electrons. The zero-order valence-electron chi connectivity index (χ0n) is 14.0. The zero-order chi connectivity index (χ0) is 15.7. The number of nitrogens with zero attached hydrogens (tertiary/aromatic N) is 3. The average molecular weight is 301 g/mol. The van der Waals surface area contributed by atoms with Crippen LogP contribution in [0.3, 0.4) is 0 Å². The highest BCUT2D eigenvalue weighted by atomic mass is 16.2. The van der Waals surface area contributed by atoms with Crippen LogP contribution < -0.4 is 0 Å². The molecular weight excluding hydrogens is 274 g/mol. The van der Waals surface area contributed by atoms with Gasteiger partial charge in [-0.25, -0.2) is 4.98 Å². The molecule has 22 heavy (non-hydrogen) atoms. The van der Waals surface area contributed by atoms with Gasteiger partial charge in [0.25, 0.3) is 5.91 Å². The second kappa shape index (κ2) is 6.37. The summed E-state index contributed by atoms with van der Waals surface area (Å²) in [6.45, 7) is 10.8. The first kappa shape index (κ1) is 15.5. The van der Waals surface area contributed by atoms with Crippen molar-refractivity contribution in [3.8, 4) is 0 Å². The summed E-state index contributed by atoms with van der Waals surface area (Å²) in [4.78, 5) is 21.5. The Morgan fingerprint density at radius 3 is 2.50 bits per heavy atom. The lowest BCUT2D eigenvalue weighted by Crippen LogP contribution is -2.49. The van der Waals surface area contributed by atoms with Crippen molar-refractivity contribution in [2.45, 2.75) is 39.7 Å². The number of hydrogen-bond acceptors (Lipinski definition) is 3. The summed E-state index contributed by atoms with van der Waals surface area (Å²) in [5.41, 5.74) is 1.62. The van der Waals surface area contributed by atoms with Gasteiger partial charge in [-0.05, 0) is 43.7 Å². The van der Waals surface area contributed by atoms with Gasteiger partial charge >= 0.3 is 0 Å². The SMILES string of the molecule is CC(C)C1CN(C(C)c2cccc(C(=O)N3CCCC3)n2)C1. The number of carbonyl (C=O) groups is 1. The minimum absolute atomic E-state index is 0.0928. The fourth-order valence-corrected chi connectivity index (χ4v) is 3.36. The Labute approximate surface area is 133 Å².